The van der Waals surface area contributed by atoms with Crippen LogP contribution < -0.4 is 10.5 Å². The molecule has 10 heteroatoms. The van der Waals surface area contributed by atoms with Gasteiger partial charge in [-0.3, -0.25) is 0 Å². The Labute approximate surface area is 127 Å². The van der Waals surface area contributed by atoms with Gasteiger partial charge in [0.25, 0.3) is 0 Å². The van der Waals surface area contributed by atoms with Crippen LogP contribution in [0.3, 0.4) is 0 Å². The molecule has 0 aromatic carbocycles. The molecule has 1 unspecified atom stereocenters. The largest absolute Gasteiger partial charge is 0.389 e. The zero-order valence-electron chi connectivity index (χ0n) is 10.4. The van der Waals surface area contributed by atoms with E-state index in [2.05, 4.69) is 4.72 Å². The molecule has 0 saturated carbocycles. The molecule has 0 radical (unpaired) electrons. The summed E-state index contributed by atoms with van der Waals surface area (Å²) in [6.07, 6.45) is 0.493. The van der Waals surface area contributed by atoms with Gasteiger partial charge in [0.1, 0.15) is 9.20 Å². The molecule has 1 fully saturated rings. The zero-order valence-corrected chi connectivity index (χ0v) is 13.7. The van der Waals surface area contributed by atoms with Gasteiger partial charge in [0.15, 0.2) is 9.84 Å². The van der Waals surface area contributed by atoms with E-state index in [1.165, 1.54) is 6.07 Å². The lowest BCUT2D eigenvalue weighted by Gasteiger charge is -2.09. The molecule has 0 spiro atoms. The van der Waals surface area contributed by atoms with E-state index in [0.29, 0.717) is 11.3 Å². The molecular weight excluding hydrogens is 340 g/mol. The number of thiophene rings is 1. The Morgan fingerprint density at radius 2 is 2.20 bits per heavy atom. The molecule has 6 nitrogen and oxygen atoms in total. The van der Waals surface area contributed by atoms with Crippen molar-refractivity contribution >= 4 is 48.4 Å². The van der Waals surface area contributed by atoms with Crippen molar-refractivity contribution in [2.45, 2.75) is 10.6 Å². The second-order valence-corrected chi connectivity index (χ2v) is 10.4. The molecule has 1 aliphatic heterocycles. The maximum Gasteiger partial charge on any atom is 0.250 e. The topological polar surface area (TPSA) is 106 Å². The second kappa shape index (κ2) is 5.68. The molecule has 1 aromatic heterocycles. The highest BCUT2D eigenvalue weighted by molar-refractivity contribution is 7.92. The number of hydrogen-bond donors (Lipinski definition) is 2. The minimum atomic E-state index is -3.64. The zero-order chi connectivity index (χ0) is 15.0. The summed E-state index contributed by atoms with van der Waals surface area (Å²) in [6.45, 7) is 0.127. The van der Waals surface area contributed by atoms with Crippen LogP contribution in [0.25, 0.3) is 0 Å². The fourth-order valence-corrected chi connectivity index (χ4v) is 6.30. The van der Waals surface area contributed by atoms with E-state index in [4.69, 9.17) is 18.0 Å². The highest BCUT2D eigenvalue weighted by Gasteiger charge is 2.29. The van der Waals surface area contributed by atoms with Gasteiger partial charge in [0.2, 0.25) is 10.0 Å². The molecule has 1 saturated heterocycles. The average Bonchev–Trinajstić information content (AvgIpc) is 2.93. The number of nitrogens with two attached hydrogens (primary N) is 1. The molecule has 3 N–H and O–H groups in total. The first kappa shape index (κ1) is 15.8. The summed E-state index contributed by atoms with van der Waals surface area (Å²) in [5, 5.41) is 0. The van der Waals surface area contributed by atoms with Gasteiger partial charge in [0, 0.05) is 6.54 Å². The summed E-state index contributed by atoms with van der Waals surface area (Å²) >= 11 is 5.78. The van der Waals surface area contributed by atoms with E-state index in [-0.39, 0.29) is 33.2 Å². The Morgan fingerprint density at radius 3 is 2.70 bits per heavy atom. The van der Waals surface area contributed by atoms with Crippen LogP contribution in [0.15, 0.2) is 16.3 Å². The average molecular weight is 355 g/mol. The smallest absolute Gasteiger partial charge is 0.250 e. The van der Waals surface area contributed by atoms with Gasteiger partial charge >= 0.3 is 0 Å². The quantitative estimate of drug-likeness (QED) is 0.726. The molecular formula is C10H14N2O4S4. The number of rotatable bonds is 5. The third kappa shape index (κ3) is 3.76. The lowest BCUT2D eigenvalue weighted by atomic mass is 10.1. The van der Waals surface area contributed by atoms with Gasteiger partial charge in [-0.1, -0.05) is 12.2 Å². The SMILES string of the molecule is NC(=S)c1ccc(S(=O)(=O)NCC2CCS(=O)(=O)C2)s1. The van der Waals surface area contributed by atoms with Crippen molar-refractivity contribution in [1.29, 1.82) is 0 Å². The Bertz CT molecular complexity index is 720. The normalized spacial score (nSPS) is 21.9. The van der Waals surface area contributed by atoms with Gasteiger partial charge in [0.05, 0.1) is 16.4 Å². The van der Waals surface area contributed by atoms with Crippen LogP contribution in [0.2, 0.25) is 0 Å². The number of sulfonamides is 1. The summed E-state index contributed by atoms with van der Waals surface area (Å²) in [7, 11) is -6.64. The summed E-state index contributed by atoms with van der Waals surface area (Å²) in [4.78, 5) is 0.683. The van der Waals surface area contributed by atoms with Gasteiger partial charge in [-0.05, 0) is 24.5 Å². The summed E-state index contributed by atoms with van der Waals surface area (Å²) < 4.78 is 49.3. The van der Waals surface area contributed by atoms with Gasteiger partial charge in [-0.25, -0.2) is 21.6 Å². The van der Waals surface area contributed by atoms with Crippen molar-refractivity contribution < 1.29 is 16.8 Å². The van der Waals surface area contributed by atoms with E-state index in [1.807, 2.05) is 0 Å². The Kier molecular flexibility index (Phi) is 4.50. The number of thiocarbonyl (C=S) groups is 1. The van der Waals surface area contributed by atoms with Crippen molar-refractivity contribution in [2.24, 2.45) is 11.7 Å². The van der Waals surface area contributed by atoms with Crippen molar-refractivity contribution in [3.63, 3.8) is 0 Å². The van der Waals surface area contributed by atoms with Crippen LogP contribution in [0, 0.1) is 5.92 Å². The highest BCUT2D eigenvalue weighted by atomic mass is 32.2. The minimum absolute atomic E-state index is 0.0398. The van der Waals surface area contributed by atoms with Gasteiger partial charge in [-0.15, -0.1) is 11.3 Å². The fraction of sp³-hybridized carbons (Fsp3) is 0.500. The van der Waals surface area contributed by atoms with Crippen LogP contribution in [0.5, 0.6) is 0 Å². The molecule has 112 valence electrons. The maximum atomic E-state index is 12.1. The monoisotopic (exact) mass is 354 g/mol. The van der Waals surface area contributed by atoms with Crippen LogP contribution in [-0.2, 0) is 19.9 Å². The second-order valence-electron chi connectivity index (χ2n) is 4.60. The van der Waals surface area contributed by atoms with Crippen LogP contribution in [0.1, 0.15) is 11.3 Å². The Hall–Kier alpha value is -0.550. The molecule has 20 heavy (non-hydrogen) atoms. The van der Waals surface area contributed by atoms with Gasteiger partial charge < -0.3 is 5.73 Å². The minimum Gasteiger partial charge on any atom is -0.389 e. The molecule has 1 aliphatic rings. The Balaban J connectivity index is 2.02. The van der Waals surface area contributed by atoms with E-state index >= 15 is 0 Å². The lowest BCUT2D eigenvalue weighted by molar-refractivity contribution is 0.544. The van der Waals surface area contributed by atoms with Crippen LogP contribution >= 0.6 is 23.6 Å². The van der Waals surface area contributed by atoms with Crippen LogP contribution in [-0.4, -0.2) is 39.9 Å². The highest BCUT2D eigenvalue weighted by Crippen LogP contribution is 2.22. The third-order valence-corrected chi connectivity index (χ3v) is 8.20. The van der Waals surface area contributed by atoms with Crippen molar-refractivity contribution in [2.75, 3.05) is 18.1 Å². The molecule has 0 aliphatic carbocycles. The molecule has 1 atom stereocenters. The summed E-state index contributed by atoms with van der Waals surface area (Å²) in [5.41, 5.74) is 5.43. The fourth-order valence-electron chi connectivity index (χ4n) is 1.93. The number of nitrogens with one attached hydrogen (secondary N) is 1. The maximum absolute atomic E-state index is 12.1. The first-order chi connectivity index (χ1) is 9.20. The molecule has 0 amide bonds. The van der Waals surface area contributed by atoms with Crippen molar-refractivity contribution in [3.05, 3.63) is 17.0 Å². The third-order valence-electron chi connectivity index (χ3n) is 2.98. The molecule has 2 rings (SSSR count). The standard InChI is InChI=1S/C10H14N2O4S4/c11-10(17)8-1-2-9(18-8)20(15,16)12-5-7-3-4-19(13,14)6-7/h1-2,7,12H,3-6H2,(H2,11,17). The summed E-state index contributed by atoms with van der Waals surface area (Å²) in [5.74, 6) is 0.00651. The molecule has 0 bridgehead atoms. The van der Waals surface area contributed by atoms with Crippen molar-refractivity contribution in [3.8, 4) is 0 Å². The van der Waals surface area contributed by atoms with Crippen molar-refractivity contribution in [1.82, 2.24) is 4.72 Å². The van der Waals surface area contributed by atoms with E-state index in [0.717, 1.165) is 11.3 Å². The molecule has 2 heterocycles. The van der Waals surface area contributed by atoms with Crippen LogP contribution in [0.4, 0.5) is 0 Å². The lowest BCUT2D eigenvalue weighted by Crippen LogP contribution is -2.29. The van der Waals surface area contributed by atoms with Gasteiger partial charge in [-0.2, -0.15) is 0 Å². The number of hydrogen-bond acceptors (Lipinski definition) is 6. The first-order valence-corrected chi connectivity index (χ1v) is 10.3. The predicted octanol–water partition coefficient (Wildman–Crippen LogP) is 0.0953. The van der Waals surface area contributed by atoms with E-state index < -0.39 is 19.9 Å². The predicted molar refractivity (Wildman–Crippen MR) is 82.2 cm³/mol. The van der Waals surface area contributed by atoms with E-state index in [9.17, 15) is 16.8 Å². The number of sulfone groups is 1. The summed E-state index contributed by atoms with van der Waals surface area (Å²) in [6, 6.07) is 2.99. The Morgan fingerprint density at radius 1 is 1.50 bits per heavy atom. The molecule has 1 aromatic rings. The van der Waals surface area contributed by atoms with E-state index in [1.54, 1.807) is 6.07 Å². The first-order valence-electron chi connectivity index (χ1n) is 5.79.